The van der Waals surface area contributed by atoms with Crippen LogP contribution in [-0.4, -0.2) is 43.4 Å². The largest absolute Gasteiger partial charge is 0.484 e. The molecule has 0 radical (unpaired) electrons. The van der Waals surface area contributed by atoms with Gasteiger partial charge in [0.05, 0.1) is 0 Å². The van der Waals surface area contributed by atoms with Crippen LogP contribution < -0.4 is 10.1 Å². The minimum Gasteiger partial charge on any atom is -0.484 e. The number of piperazine rings is 1. The summed E-state index contributed by atoms with van der Waals surface area (Å²) in [6.45, 7) is 4.14. The van der Waals surface area contributed by atoms with E-state index >= 15 is 0 Å². The van der Waals surface area contributed by atoms with E-state index in [9.17, 15) is 13.2 Å². The van der Waals surface area contributed by atoms with Crippen LogP contribution in [0.1, 0.15) is 12.5 Å². The fraction of sp³-hybridized carbons (Fsp3) is 0.571. The summed E-state index contributed by atoms with van der Waals surface area (Å²) in [5, 5.41) is 3.29. The highest BCUT2D eigenvalue weighted by molar-refractivity contribution is 5.33. The van der Waals surface area contributed by atoms with Crippen molar-refractivity contribution in [1.29, 1.82) is 0 Å². The molecule has 0 spiro atoms. The Balaban J connectivity index is 2.03. The van der Waals surface area contributed by atoms with E-state index in [4.69, 9.17) is 4.74 Å². The average Bonchev–Trinajstić information content (AvgIpc) is 2.39. The lowest BCUT2D eigenvalue weighted by atomic mass is 10.1. The first kappa shape index (κ1) is 15.1. The molecule has 20 heavy (non-hydrogen) atoms. The summed E-state index contributed by atoms with van der Waals surface area (Å²) in [5.74, 6) is 0.315. The monoisotopic (exact) mass is 288 g/mol. The molecule has 2 rings (SSSR count). The second kappa shape index (κ2) is 6.45. The van der Waals surface area contributed by atoms with Gasteiger partial charge >= 0.3 is 6.18 Å². The van der Waals surface area contributed by atoms with Crippen LogP contribution in [0.4, 0.5) is 13.2 Å². The molecule has 0 bridgehead atoms. The van der Waals surface area contributed by atoms with Crippen molar-refractivity contribution >= 4 is 0 Å². The Bertz CT molecular complexity index is 437. The molecular weight excluding hydrogens is 269 g/mol. The number of benzene rings is 1. The molecule has 1 atom stereocenters. The molecule has 112 valence electrons. The zero-order valence-corrected chi connectivity index (χ0v) is 11.4. The first-order valence-corrected chi connectivity index (χ1v) is 6.68. The molecule has 0 saturated carbocycles. The zero-order chi connectivity index (χ0) is 14.6. The maximum atomic E-state index is 12.2. The first-order chi connectivity index (χ1) is 9.46. The smallest absolute Gasteiger partial charge is 0.422 e. The summed E-state index contributed by atoms with van der Waals surface area (Å²) >= 11 is 0. The highest BCUT2D eigenvalue weighted by atomic mass is 19.4. The van der Waals surface area contributed by atoms with Gasteiger partial charge in [-0.15, -0.1) is 0 Å². The van der Waals surface area contributed by atoms with Crippen molar-refractivity contribution in [3.8, 4) is 5.75 Å². The van der Waals surface area contributed by atoms with E-state index in [2.05, 4.69) is 17.1 Å². The number of alkyl halides is 3. The summed E-state index contributed by atoms with van der Waals surface area (Å²) in [4.78, 5) is 2.24. The summed E-state index contributed by atoms with van der Waals surface area (Å²) in [6, 6.07) is 7.28. The highest BCUT2D eigenvalue weighted by Gasteiger charge is 2.29. The quantitative estimate of drug-likeness (QED) is 0.921. The van der Waals surface area contributed by atoms with E-state index in [-0.39, 0.29) is 0 Å². The van der Waals surface area contributed by atoms with E-state index in [1.54, 1.807) is 12.1 Å². The van der Waals surface area contributed by atoms with Gasteiger partial charge in [0.1, 0.15) is 5.75 Å². The van der Waals surface area contributed by atoms with Crippen molar-refractivity contribution in [2.24, 2.45) is 0 Å². The lowest BCUT2D eigenvalue weighted by Crippen LogP contribution is -2.49. The van der Waals surface area contributed by atoms with Gasteiger partial charge in [-0.1, -0.05) is 18.2 Å². The summed E-state index contributed by atoms with van der Waals surface area (Å²) in [6.07, 6.45) is -4.31. The summed E-state index contributed by atoms with van der Waals surface area (Å²) in [7, 11) is 0. The number of halogens is 3. The van der Waals surface area contributed by atoms with Gasteiger partial charge in [-0.25, -0.2) is 0 Å². The molecule has 1 saturated heterocycles. The number of para-hydroxylation sites is 1. The number of rotatable bonds is 4. The highest BCUT2D eigenvalue weighted by Crippen LogP contribution is 2.24. The number of hydrogen-bond donors (Lipinski definition) is 1. The number of nitrogens with one attached hydrogen (secondary N) is 1. The summed E-state index contributed by atoms with van der Waals surface area (Å²) in [5.41, 5.74) is 0.797. The van der Waals surface area contributed by atoms with Crippen LogP contribution in [0.2, 0.25) is 0 Å². The van der Waals surface area contributed by atoms with Crippen molar-refractivity contribution < 1.29 is 17.9 Å². The first-order valence-electron chi connectivity index (χ1n) is 6.68. The fourth-order valence-electron chi connectivity index (χ4n) is 2.27. The Morgan fingerprint density at radius 2 is 2.10 bits per heavy atom. The van der Waals surface area contributed by atoms with Gasteiger partial charge in [-0.05, 0) is 13.0 Å². The Kier molecular flexibility index (Phi) is 4.88. The third kappa shape index (κ3) is 4.38. The Hall–Kier alpha value is -1.27. The van der Waals surface area contributed by atoms with Gasteiger partial charge in [0.25, 0.3) is 0 Å². The van der Waals surface area contributed by atoms with Crippen LogP contribution >= 0.6 is 0 Å². The Labute approximate surface area is 116 Å². The number of nitrogens with zero attached hydrogens (tertiary/aromatic N) is 1. The van der Waals surface area contributed by atoms with E-state index in [0.717, 1.165) is 25.2 Å². The second-order valence-corrected chi connectivity index (χ2v) is 5.04. The van der Waals surface area contributed by atoms with Gasteiger partial charge in [-0.3, -0.25) is 4.90 Å². The molecule has 1 N–H and O–H groups in total. The predicted molar refractivity (Wildman–Crippen MR) is 70.7 cm³/mol. The molecule has 1 heterocycles. The van der Waals surface area contributed by atoms with Gasteiger partial charge in [0.15, 0.2) is 6.61 Å². The van der Waals surface area contributed by atoms with E-state index in [1.165, 1.54) is 0 Å². The van der Waals surface area contributed by atoms with E-state index < -0.39 is 12.8 Å². The third-order valence-electron chi connectivity index (χ3n) is 3.38. The molecule has 1 aliphatic rings. The van der Waals surface area contributed by atoms with Gasteiger partial charge in [0, 0.05) is 37.8 Å². The topological polar surface area (TPSA) is 24.5 Å². The molecule has 0 aliphatic carbocycles. The van der Waals surface area contributed by atoms with E-state index in [0.29, 0.717) is 18.3 Å². The second-order valence-electron chi connectivity index (χ2n) is 5.04. The van der Waals surface area contributed by atoms with Crippen molar-refractivity contribution in [3.63, 3.8) is 0 Å². The SMILES string of the molecule is C[C@@H]1CNCCN1Cc1ccccc1OCC(F)(F)F. The van der Waals surface area contributed by atoms with Gasteiger partial charge in [0.2, 0.25) is 0 Å². The molecule has 0 aromatic heterocycles. The molecule has 6 heteroatoms. The van der Waals surface area contributed by atoms with Crippen LogP contribution in [0.25, 0.3) is 0 Å². The molecule has 3 nitrogen and oxygen atoms in total. The lowest BCUT2D eigenvalue weighted by Gasteiger charge is -2.34. The van der Waals surface area contributed by atoms with Gasteiger partial charge in [-0.2, -0.15) is 13.2 Å². The van der Waals surface area contributed by atoms with Crippen LogP contribution in [-0.2, 0) is 6.54 Å². The van der Waals surface area contributed by atoms with Crippen molar-refractivity contribution in [3.05, 3.63) is 29.8 Å². The minimum absolute atomic E-state index is 0.315. The maximum Gasteiger partial charge on any atom is 0.422 e. The average molecular weight is 288 g/mol. The van der Waals surface area contributed by atoms with Crippen LogP contribution in [0.15, 0.2) is 24.3 Å². The number of hydrogen-bond acceptors (Lipinski definition) is 3. The van der Waals surface area contributed by atoms with Crippen LogP contribution in [0, 0.1) is 0 Å². The zero-order valence-electron chi connectivity index (χ0n) is 11.4. The standard InChI is InChI=1S/C14H19F3N2O/c1-11-8-18-6-7-19(11)9-12-4-2-3-5-13(12)20-10-14(15,16)17/h2-5,11,18H,6-10H2,1H3/t11-/m1/s1. The molecule has 1 aromatic carbocycles. The molecule has 0 unspecified atom stereocenters. The molecule has 0 amide bonds. The molecule has 1 aromatic rings. The van der Waals surface area contributed by atoms with Crippen molar-refractivity contribution in [1.82, 2.24) is 10.2 Å². The minimum atomic E-state index is -4.31. The van der Waals surface area contributed by atoms with Crippen molar-refractivity contribution in [2.75, 3.05) is 26.2 Å². The van der Waals surface area contributed by atoms with Gasteiger partial charge < -0.3 is 10.1 Å². The summed E-state index contributed by atoms with van der Waals surface area (Å²) < 4.78 is 41.7. The fourth-order valence-corrected chi connectivity index (χ4v) is 2.27. The Morgan fingerprint density at radius 3 is 2.80 bits per heavy atom. The normalized spacial score (nSPS) is 20.9. The third-order valence-corrected chi connectivity index (χ3v) is 3.38. The van der Waals surface area contributed by atoms with Crippen LogP contribution in [0.3, 0.4) is 0 Å². The number of ether oxygens (including phenoxy) is 1. The van der Waals surface area contributed by atoms with Crippen LogP contribution in [0.5, 0.6) is 5.75 Å². The molecular formula is C14H19F3N2O. The maximum absolute atomic E-state index is 12.2. The Morgan fingerprint density at radius 1 is 1.35 bits per heavy atom. The molecule has 1 fully saturated rings. The molecule has 1 aliphatic heterocycles. The van der Waals surface area contributed by atoms with E-state index in [1.807, 2.05) is 12.1 Å². The predicted octanol–water partition coefficient (Wildman–Crippen LogP) is 2.42. The van der Waals surface area contributed by atoms with Crippen molar-refractivity contribution in [2.45, 2.75) is 25.7 Å². The lowest BCUT2D eigenvalue weighted by molar-refractivity contribution is -0.153.